The first-order chi connectivity index (χ1) is 9.98. The van der Waals surface area contributed by atoms with Crippen LogP contribution in [-0.2, 0) is 19.6 Å². The van der Waals surface area contributed by atoms with Crippen LogP contribution in [0.5, 0.6) is 0 Å². The van der Waals surface area contributed by atoms with Crippen molar-refractivity contribution in [3.63, 3.8) is 0 Å². The molecule has 0 bridgehead atoms. The molecular formula is C13H15N3O4S. The van der Waals surface area contributed by atoms with Gasteiger partial charge in [0.15, 0.2) is 0 Å². The number of nitriles is 1. The molecule has 1 aliphatic carbocycles. The number of aromatic nitrogens is 1. The van der Waals surface area contributed by atoms with Gasteiger partial charge in [-0.3, -0.25) is 4.79 Å². The summed E-state index contributed by atoms with van der Waals surface area (Å²) in [4.78, 5) is 15.3. The van der Waals surface area contributed by atoms with Crippen LogP contribution in [0.2, 0.25) is 0 Å². The fourth-order valence-electron chi connectivity index (χ4n) is 1.84. The summed E-state index contributed by atoms with van der Waals surface area (Å²) in [5.74, 6) is -0.574. The van der Waals surface area contributed by atoms with Crippen LogP contribution in [0.1, 0.15) is 25.5 Å². The first kappa shape index (κ1) is 15.4. The average Bonchev–Trinajstić information content (AvgIpc) is 3.29. The summed E-state index contributed by atoms with van der Waals surface area (Å²) in [6.45, 7) is 1.56. The first-order valence-electron chi connectivity index (χ1n) is 6.52. The van der Waals surface area contributed by atoms with E-state index in [4.69, 9.17) is 10.00 Å². The number of rotatable bonds is 6. The molecule has 1 fully saturated rings. The average molecular weight is 309 g/mol. The zero-order chi connectivity index (χ0) is 15.5. The van der Waals surface area contributed by atoms with E-state index in [2.05, 4.69) is 4.98 Å². The van der Waals surface area contributed by atoms with Gasteiger partial charge in [0.1, 0.15) is 23.2 Å². The smallest absolute Gasteiger partial charge is 0.321 e. The van der Waals surface area contributed by atoms with Crippen LogP contribution in [-0.4, -0.2) is 42.9 Å². The van der Waals surface area contributed by atoms with Crippen molar-refractivity contribution in [2.75, 3.05) is 13.2 Å². The Morgan fingerprint density at radius 1 is 1.52 bits per heavy atom. The molecule has 0 N–H and O–H groups in total. The Balaban J connectivity index is 2.25. The third kappa shape index (κ3) is 3.56. The molecule has 1 heterocycles. The minimum atomic E-state index is -3.82. The van der Waals surface area contributed by atoms with Gasteiger partial charge in [-0.15, -0.1) is 0 Å². The summed E-state index contributed by atoms with van der Waals surface area (Å²) in [7, 11) is -3.82. The van der Waals surface area contributed by atoms with Crippen LogP contribution < -0.4 is 0 Å². The van der Waals surface area contributed by atoms with Gasteiger partial charge in [0.25, 0.3) is 0 Å². The maximum absolute atomic E-state index is 12.5. The van der Waals surface area contributed by atoms with Crippen LogP contribution in [0.3, 0.4) is 0 Å². The fraction of sp³-hybridized carbons (Fsp3) is 0.462. The lowest BCUT2D eigenvalue weighted by atomic mass is 10.4. The van der Waals surface area contributed by atoms with E-state index in [1.54, 1.807) is 6.92 Å². The van der Waals surface area contributed by atoms with Gasteiger partial charge >= 0.3 is 5.97 Å². The number of sulfonamides is 1. The summed E-state index contributed by atoms with van der Waals surface area (Å²) in [5.41, 5.74) is 0.136. The van der Waals surface area contributed by atoms with Crippen molar-refractivity contribution in [1.29, 1.82) is 5.26 Å². The van der Waals surface area contributed by atoms with Gasteiger partial charge in [-0.2, -0.15) is 9.57 Å². The highest BCUT2D eigenvalue weighted by Gasteiger charge is 2.39. The lowest BCUT2D eigenvalue weighted by molar-refractivity contribution is -0.143. The predicted molar refractivity (Wildman–Crippen MR) is 72.5 cm³/mol. The Bertz CT molecular complexity index is 660. The maximum Gasteiger partial charge on any atom is 0.321 e. The topological polar surface area (TPSA) is 100 Å². The van der Waals surface area contributed by atoms with Crippen molar-refractivity contribution in [3.8, 4) is 6.07 Å². The van der Waals surface area contributed by atoms with Crippen LogP contribution >= 0.6 is 0 Å². The number of hydrogen-bond donors (Lipinski definition) is 0. The number of pyridine rings is 1. The van der Waals surface area contributed by atoms with E-state index in [9.17, 15) is 13.2 Å². The van der Waals surface area contributed by atoms with Gasteiger partial charge in [0.2, 0.25) is 10.0 Å². The van der Waals surface area contributed by atoms with Crippen LogP contribution in [0.15, 0.2) is 23.2 Å². The Morgan fingerprint density at radius 3 is 2.71 bits per heavy atom. The van der Waals surface area contributed by atoms with Gasteiger partial charge in [0, 0.05) is 12.2 Å². The van der Waals surface area contributed by atoms with E-state index in [1.165, 1.54) is 12.1 Å². The molecule has 0 saturated heterocycles. The summed E-state index contributed by atoms with van der Waals surface area (Å²) < 4.78 is 31.1. The Kier molecular flexibility index (Phi) is 4.55. The van der Waals surface area contributed by atoms with Gasteiger partial charge in [-0.05, 0) is 31.9 Å². The quantitative estimate of drug-likeness (QED) is 0.716. The Morgan fingerprint density at radius 2 is 2.24 bits per heavy atom. The van der Waals surface area contributed by atoms with E-state index in [-0.39, 0.29) is 29.8 Å². The molecule has 0 unspecified atom stereocenters. The number of carbonyl (C=O) groups is 1. The molecule has 0 aliphatic heterocycles. The predicted octanol–water partition coefficient (Wildman–Crippen LogP) is 0.669. The molecule has 0 radical (unpaired) electrons. The number of esters is 1. The minimum Gasteiger partial charge on any atom is -0.465 e. The number of ether oxygens (including phenoxy) is 1. The van der Waals surface area contributed by atoms with Crippen LogP contribution in [0.4, 0.5) is 0 Å². The minimum absolute atomic E-state index is 0.0299. The maximum atomic E-state index is 12.5. The van der Waals surface area contributed by atoms with Crippen molar-refractivity contribution in [2.24, 2.45) is 0 Å². The standard InChI is InChI=1S/C13H15N3O4S/c1-2-20-13(17)9-16(11-4-5-11)21(18,19)12-6-3-10(7-14)15-8-12/h3,6,8,11H,2,4-5,9H2,1H3. The van der Waals surface area contributed by atoms with E-state index >= 15 is 0 Å². The molecule has 1 saturated carbocycles. The van der Waals surface area contributed by atoms with Gasteiger partial charge in [0.05, 0.1) is 6.61 Å². The fourth-order valence-corrected chi connectivity index (χ4v) is 3.42. The second-order valence-electron chi connectivity index (χ2n) is 4.58. The van der Waals surface area contributed by atoms with Crippen LogP contribution in [0.25, 0.3) is 0 Å². The van der Waals surface area contributed by atoms with Gasteiger partial charge in [-0.25, -0.2) is 13.4 Å². The summed E-state index contributed by atoms with van der Waals surface area (Å²) in [5, 5.41) is 8.68. The van der Waals surface area contributed by atoms with Crippen molar-refractivity contribution in [3.05, 3.63) is 24.0 Å². The van der Waals surface area contributed by atoms with Gasteiger partial charge in [-0.1, -0.05) is 0 Å². The van der Waals surface area contributed by atoms with Crippen molar-refractivity contribution in [2.45, 2.75) is 30.7 Å². The van der Waals surface area contributed by atoms with Crippen molar-refractivity contribution < 1.29 is 17.9 Å². The molecule has 8 heteroatoms. The SMILES string of the molecule is CCOC(=O)CN(C1CC1)S(=O)(=O)c1ccc(C#N)nc1. The van der Waals surface area contributed by atoms with Crippen molar-refractivity contribution in [1.82, 2.24) is 9.29 Å². The molecule has 21 heavy (non-hydrogen) atoms. The third-order valence-electron chi connectivity index (χ3n) is 3.00. The normalized spacial score (nSPS) is 14.7. The van der Waals surface area contributed by atoms with Gasteiger partial charge < -0.3 is 4.74 Å². The molecule has 1 aromatic rings. The highest BCUT2D eigenvalue weighted by molar-refractivity contribution is 7.89. The van der Waals surface area contributed by atoms with E-state index in [0.29, 0.717) is 0 Å². The summed E-state index contributed by atoms with van der Waals surface area (Å²) >= 11 is 0. The molecule has 0 aromatic carbocycles. The molecule has 2 rings (SSSR count). The van der Waals surface area contributed by atoms with Crippen molar-refractivity contribution >= 4 is 16.0 Å². The second kappa shape index (κ2) is 6.20. The molecule has 0 spiro atoms. The van der Waals surface area contributed by atoms with E-state index in [1.807, 2.05) is 6.07 Å². The number of nitrogens with zero attached hydrogens (tertiary/aromatic N) is 3. The lowest BCUT2D eigenvalue weighted by Crippen LogP contribution is -2.38. The molecule has 0 atom stereocenters. The number of hydrogen-bond acceptors (Lipinski definition) is 6. The monoisotopic (exact) mass is 309 g/mol. The first-order valence-corrected chi connectivity index (χ1v) is 7.96. The Labute approximate surface area is 123 Å². The summed E-state index contributed by atoms with van der Waals surface area (Å²) in [6, 6.07) is 4.31. The molecule has 112 valence electrons. The van der Waals surface area contributed by atoms with Crippen LogP contribution in [0, 0.1) is 11.3 Å². The molecule has 7 nitrogen and oxygen atoms in total. The zero-order valence-corrected chi connectivity index (χ0v) is 12.3. The Hall–Kier alpha value is -1.98. The molecule has 0 amide bonds. The highest BCUT2D eigenvalue weighted by atomic mass is 32.2. The zero-order valence-electron chi connectivity index (χ0n) is 11.5. The highest BCUT2D eigenvalue weighted by Crippen LogP contribution is 2.31. The lowest BCUT2D eigenvalue weighted by Gasteiger charge is -2.20. The summed E-state index contributed by atoms with van der Waals surface area (Å²) in [6.07, 6.45) is 2.58. The largest absolute Gasteiger partial charge is 0.465 e. The van der Waals surface area contributed by atoms with E-state index in [0.717, 1.165) is 23.3 Å². The number of carbonyl (C=O) groups excluding carboxylic acids is 1. The second-order valence-corrected chi connectivity index (χ2v) is 6.47. The molecule has 1 aliphatic rings. The third-order valence-corrected chi connectivity index (χ3v) is 4.88. The van der Waals surface area contributed by atoms with E-state index < -0.39 is 16.0 Å². The molecule has 1 aromatic heterocycles. The molecular weight excluding hydrogens is 294 g/mol.